The van der Waals surface area contributed by atoms with Gasteiger partial charge in [-0.25, -0.2) is 0 Å². The fraction of sp³-hybridized carbons (Fsp3) is 0.684. The van der Waals surface area contributed by atoms with Crippen LogP contribution in [0.4, 0.5) is 0 Å². The van der Waals surface area contributed by atoms with Gasteiger partial charge in [-0.2, -0.15) is 0 Å². The van der Waals surface area contributed by atoms with Crippen molar-refractivity contribution in [3.05, 3.63) is 35.9 Å². The Hall–Kier alpha value is -0.820. The lowest BCUT2D eigenvalue weighted by atomic mass is 9.59. The normalized spacial score (nSPS) is 19.4. The Morgan fingerprint density at radius 3 is 2.25 bits per heavy atom. The van der Waals surface area contributed by atoms with E-state index in [0.717, 1.165) is 6.54 Å². The van der Waals surface area contributed by atoms with Gasteiger partial charge in [-0.1, -0.05) is 64.4 Å². The number of nitrogens with one attached hydrogen (secondary N) is 1. The van der Waals surface area contributed by atoms with Crippen LogP contribution in [0.2, 0.25) is 0 Å². The number of rotatable bonds is 6. The minimum absolute atomic E-state index is 0.391. The van der Waals surface area contributed by atoms with Gasteiger partial charge in [0.25, 0.3) is 0 Å². The number of benzene rings is 1. The predicted molar refractivity (Wildman–Crippen MR) is 88.1 cm³/mol. The Morgan fingerprint density at radius 2 is 1.80 bits per heavy atom. The molecule has 1 nitrogen and oxygen atoms in total. The monoisotopic (exact) mass is 273 g/mol. The SMILES string of the molecule is CCNC(CCC(C)(C)C)C1(c2ccccc2)CCC1. The van der Waals surface area contributed by atoms with Crippen molar-refractivity contribution in [2.75, 3.05) is 6.54 Å². The summed E-state index contributed by atoms with van der Waals surface area (Å²) >= 11 is 0. The fourth-order valence-electron chi connectivity index (χ4n) is 3.56. The Kier molecular flexibility index (Phi) is 4.90. The van der Waals surface area contributed by atoms with E-state index in [1.165, 1.54) is 32.1 Å². The highest BCUT2D eigenvalue weighted by molar-refractivity contribution is 5.30. The van der Waals surface area contributed by atoms with Crippen molar-refractivity contribution >= 4 is 0 Å². The van der Waals surface area contributed by atoms with Crippen molar-refractivity contribution in [2.24, 2.45) is 5.41 Å². The molecule has 2 rings (SSSR count). The molecule has 1 unspecified atom stereocenters. The van der Waals surface area contributed by atoms with Crippen molar-refractivity contribution in [3.8, 4) is 0 Å². The van der Waals surface area contributed by atoms with E-state index in [-0.39, 0.29) is 0 Å². The van der Waals surface area contributed by atoms with E-state index in [9.17, 15) is 0 Å². The highest BCUT2D eigenvalue weighted by Gasteiger charge is 2.44. The first-order valence-corrected chi connectivity index (χ1v) is 8.27. The summed E-state index contributed by atoms with van der Waals surface area (Å²) in [6, 6.07) is 11.8. The van der Waals surface area contributed by atoms with Gasteiger partial charge in [0.1, 0.15) is 0 Å². The maximum Gasteiger partial charge on any atom is 0.0164 e. The van der Waals surface area contributed by atoms with Gasteiger partial charge in [0.2, 0.25) is 0 Å². The summed E-state index contributed by atoms with van der Waals surface area (Å²) in [6.07, 6.45) is 6.65. The molecule has 0 bridgehead atoms. The minimum atomic E-state index is 0.391. The molecule has 1 N–H and O–H groups in total. The zero-order valence-corrected chi connectivity index (χ0v) is 13.7. The van der Waals surface area contributed by atoms with Crippen LogP contribution in [0, 0.1) is 5.41 Å². The van der Waals surface area contributed by atoms with Crippen LogP contribution in [-0.2, 0) is 5.41 Å². The van der Waals surface area contributed by atoms with Crippen LogP contribution in [0.3, 0.4) is 0 Å². The molecule has 1 fully saturated rings. The maximum atomic E-state index is 3.80. The first-order chi connectivity index (χ1) is 9.48. The number of hydrogen-bond acceptors (Lipinski definition) is 1. The van der Waals surface area contributed by atoms with Crippen molar-refractivity contribution < 1.29 is 0 Å². The van der Waals surface area contributed by atoms with Crippen LogP contribution in [0.15, 0.2) is 30.3 Å². The highest BCUT2D eigenvalue weighted by atomic mass is 14.9. The quantitative estimate of drug-likeness (QED) is 0.776. The lowest BCUT2D eigenvalue weighted by Gasteiger charge is -2.49. The zero-order chi connectivity index (χ0) is 14.6. The summed E-state index contributed by atoms with van der Waals surface area (Å²) in [5.41, 5.74) is 2.36. The summed E-state index contributed by atoms with van der Waals surface area (Å²) in [4.78, 5) is 0. The lowest BCUT2D eigenvalue weighted by molar-refractivity contribution is 0.150. The molecule has 1 heteroatoms. The zero-order valence-electron chi connectivity index (χ0n) is 13.7. The van der Waals surface area contributed by atoms with E-state index in [4.69, 9.17) is 0 Å². The van der Waals surface area contributed by atoms with Crippen LogP contribution < -0.4 is 5.32 Å². The number of likely N-dealkylation sites (N-methyl/N-ethyl adjacent to an activating group) is 1. The molecule has 0 saturated heterocycles. The van der Waals surface area contributed by atoms with E-state index < -0.39 is 0 Å². The summed E-state index contributed by atoms with van der Waals surface area (Å²) in [6.45, 7) is 10.4. The average molecular weight is 273 g/mol. The summed E-state index contributed by atoms with van der Waals surface area (Å²) in [5.74, 6) is 0. The van der Waals surface area contributed by atoms with Crippen molar-refractivity contribution in [2.45, 2.75) is 71.3 Å². The predicted octanol–water partition coefficient (Wildman–Crippen LogP) is 4.91. The molecule has 0 radical (unpaired) electrons. The van der Waals surface area contributed by atoms with E-state index in [1.54, 1.807) is 5.56 Å². The standard InChI is InChI=1S/C19H31N/c1-5-20-17(12-15-18(2,3)4)19(13-9-14-19)16-10-7-6-8-11-16/h6-8,10-11,17,20H,5,9,12-15H2,1-4H3. The van der Waals surface area contributed by atoms with Crippen LogP contribution in [-0.4, -0.2) is 12.6 Å². The van der Waals surface area contributed by atoms with Crippen molar-refractivity contribution in [1.29, 1.82) is 0 Å². The largest absolute Gasteiger partial charge is 0.313 e. The lowest BCUT2D eigenvalue weighted by Crippen LogP contribution is -2.53. The van der Waals surface area contributed by atoms with Crippen molar-refractivity contribution in [3.63, 3.8) is 0 Å². The third-order valence-corrected chi connectivity index (χ3v) is 4.90. The van der Waals surface area contributed by atoms with Gasteiger partial charge >= 0.3 is 0 Å². The van der Waals surface area contributed by atoms with Gasteiger partial charge in [-0.3, -0.25) is 0 Å². The topological polar surface area (TPSA) is 12.0 Å². The molecule has 0 aliphatic heterocycles. The Morgan fingerprint density at radius 1 is 1.15 bits per heavy atom. The maximum absolute atomic E-state index is 3.80. The second-order valence-electron chi connectivity index (χ2n) is 7.59. The van der Waals surface area contributed by atoms with E-state index in [0.29, 0.717) is 16.9 Å². The van der Waals surface area contributed by atoms with Gasteiger partial charge in [0.05, 0.1) is 0 Å². The minimum Gasteiger partial charge on any atom is -0.313 e. The van der Waals surface area contributed by atoms with Gasteiger partial charge in [0.15, 0.2) is 0 Å². The molecule has 0 aromatic heterocycles. The Labute approximate surface area is 125 Å². The van der Waals surface area contributed by atoms with E-state index in [1.807, 2.05) is 0 Å². The van der Waals surface area contributed by atoms with Crippen LogP contribution in [0.1, 0.15) is 65.4 Å². The van der Waals surface area contributed by atoms with Crippen LogP contribution in [0.5, 0.6) is 0 Å². The molecule has 20 heavy (non-hydrogen) atoms. The second kappa shape index (κ2) is 6.30. The highest BCUT2D eigenvalue weighted by Crippen LogP contribution is 2.48. The molecular weight excluding hydrogens is 242 g/mol. The Balaban J connectivity index is 2.17. The molecule has 1 saturated carbocycles. The Bertz CT molecular complexity index is 398. The molecule has 1 aromatic carbocycles. The van der Waals surface area contributed by atoms with Crippen LogP contribution >= 0.6 is 0 Å². The van der Waals surface area contributed by atoms with E-state index in [2.05, 4.69) is 63.3 Å². The van der Waals surface area contributed by atoms with Gasteiger partial charge in [-0.15, -0.1) is 0 Å². The third-order valence-electron chi connectivity index (χ3n) is 4.90. The smallest absolute Gasteiger partial charge is 0.0164 e. The molecule has 1 atom stereocenters. The third kappa shape index (κ3) is 3.44. The molecule has 1 aliphatic rings. The average Bonchev–Trinajstić information content (AvgIpc) is 2.35. The van der Waals surface area contributed by atoms with Gasteiger partial charge < -0.3 is 5.32 Å². The second-order valence-corrected chi connectivity index (χ2v) is 7.59. The summed E-state index contributed by atoms with van der Waals surface area (Å²) < 4.78 is 0. The molecule has 1 aromatic rings. The summed E-state index contributed by atoms with van der Waals surface area (Å²) in [7, 11) is 0. The fourth-order valence-corrected chi connectivity index (χ4v) is 3.56. The van der Waals surface area contributed by atoms with E-state index >= 15 is 0 Å². The number of hydrogen-bond donors (Lipinski definition) is 1. The first-order valence-electron chi connectivity index (χ1n) is 8.27. The first kappa shape index (κ1) is 15.6. The molecule has 1 aliphatic carbocycles. The molecular formula is C19H31N. The van der Waals surface area contributed by atoms with Crippen molar-refractivity contribution in [1.82, 2.24) is 5.32 Å². The van der Waals surface area contributed by atoms with Gasteiger partial charge in [0, 0.05) is 11.5 Å². The molecule has 0 amide bonds. The molecule has 112 valence electrons. The molecule has 0 spiro atoms. The van der Waals surface area contributed by atoms with Crippen LogP contribution in [0.25, 0.3) is 0 Å². The summed E-state index contributed by atoms with van der Waals surface area (Å²) in [5, 5.41) is 3.80. The van der Waals surface area contributed by atoms with Gasteiger partial charge in [-0.05, 0) is 43.2 Å². The molecule has 0 heterocycles.